The molecule has 1 saturated carbocycles. The fourth-order valence-corrected chi connectivity index (χ4v) is 4.88. The van der Waals surface area contributed by atoms with Crippen LogP contribution in [0.25, 0.3) is 0 Å². The number of carbonyl (C=O) groups is 1. The van der Waals surface area contributed by atoms with Crippen molar-refractivity contribution in [2.75, 3.05) is 26.7 Å². The first-order valence-corrected chi connectivity index (χ1v) is 10.2. The number of nitrogens with one attached hydrogen (secondary N) is 1. The van der Waals surface area contributed by atoms with Crippen LogP contribution in [0.1, 0.15) is 50.5 Å². The summed E-state index contributed by atoms with van der Waals surface area (Å²) in [6.45, 7) is 2.95. The van der Waals surface area contributed by atoms with Gasteiger partial charge in [0.25, 0.3) is 0 Å². The quantitative estimate of drug-likeness (QED) is 0.818. The number of halogens is 1. The molecule has 138 valence electrons. The van der Waals surface area contributed by atoms with Gasteiger partial charge in [0, 0.05) is 18.1 Å². The molecule has 1 N–H and O–H groups in total. The van der Waals surface area contributed by atoms with E-state index >= 15 is 0 Å². The molecule has 0 radical (unpaired) electrons. The Morgan fingerprint density at radius 2 is 2.00 bits per heavy atom. The summed E-state index contributed by atoms with van der Waals surface area (Å²) in [5, 5.41) is 4.01. The van der Waals surface area contributed by atoms with Crippen LogP contribution >= 0.6 is 11.6 Å². The third-order valence-corrected chi connectivity index (χ3v) is 6.39. The molecule has 2 fully saturated rings. The molecule has 1 aliphatic carbocycles. The summed E-state index contributed by atoms with van der Waals surface area (Å²) in [5.74, 6) is 1.17. The Labute approximate surface area is 157 Å². The van der Waals surface area contributed by atoms with E-state index in [1.807, 2.05) is 25.2 Å². The van der Waals surface area contributed by atoms with Crippen molar-refractivity contribution in [3.8, 4) is 0 Å². The van der Waals surface area contributed by atoms with Crippen LogP contribution in [0.2, 0.25) is 5.02 Å². The molecule has 4 heteroatoms. The zero-order chi connectivity index (χ0) is 17.7. The molecule has 1 heterocycles. The first kappa shape index (κ1) is 18.7. The topological polar surface area (TPSA) is 32.3 Å². The van der Waals surface area contributed by atoms with Gasteiger partial charge in [0.2, 0.25) is 5.91 Å². The Morgan fingerprint density at radius 3 is 2.64 bits per heavy atom. The molecule has 25 heavy (non-hydrogen) atoms. The van der Waals surface area contributed by atoms with Gasteiger partial charge in [-0.3, -0.25) is 4.79 Å². The monoisotopic (exact) mass is 362 g/mol. The van der Waals surface area contributed by atoms with Crippen molar-refractivity contribution in [3.63, 3.8) is 0 Å². The van der Waals surface area contributed by atoms with Gasteiger partial charge in [0.1, 0.15) is 0 Å². The SMILES string of the molecule is CNCCC1CCN(C(=O)C2(Cc3cccc(Cl)c3)CCCC2)CC1. The third kappa shape index (κ3) is 4.57. The van der Waals surface area contributed by atoms with Crippen molar-refractivity contribution in [1.29, 1.82) is 0 Å². The van der Waals surface area contributed by atoms with Gasteiger partial charge in [-0.2, -0.15) is 0 Å². The number of nitrogens with zero attached hydrogens (tertiary/aromatic N) is 1. The standard InChI is InChI=1S/C21H31ClN2O/c1-23-12-7-17-8-13-24(14-9-17)20(25)21(10-2-3-11-21)16-18-5-4-6-19(22)15-18/h4-6,15,17,23H,2-3,7-14,16H2,1H3. The molecule has 0 spiro atoms. The largest absolute Gasteiger partial charge is 0.342 e. The van der Waals surface area contributed by atoms with Crippen LogP contribution in [-0.2, 0) is 11.2 Å². The first-order chi connectivity index (χ1) is 12.1. The molecule has 0 unspecified atom stereocenters. The molecule has 3 nitrogen and oxygen atoms in total. The van der Waals surface area contributed by atoms with E-state index in [1.54, 1.807) is 0 Å². The number of piperidine rings is 1. The third-order valence-electron chi connectivity index (χ3n) is 6.15. The highest BCUT2D eigenvalue weighted by Crippen LogP contribution is 2.43. The maximum absolute atomic E-state index is 13.4. The Balaban J connectivity index is 1.65. The minimum atomic E-state index is -0.192. The molecule has 2 aliphatic rings. The van der Waals surface area contributed by atoms with E-state index in [0.717, 1.165) is 62.7 Å². The van der Waals surface area contributed by atoms with Crippen LogP contribution in [0.5, 0.6) is 0 Å². The van der Waals surface area contributed by atoms with Crippen molar-refractivity contribution in [2.45, 2.75) is 51.4 Å². The molecular formula is C21H31ClN2O. The summed E-state index contributed by atoms with van der Waals surface area (Å²) in [6.07, 6.45) is 8.77. The number of hydrogen-bond acceptors (Lipinski definition) is 2. The predicted molar refractivity (Wildman–Crippen MR) is 104 cm³/mol. The van der Waals surface area contributed by atoms with E-state index in [-0.39, 0.29) is 5.41 Å². The Morgan fingerprint density at radius 1 is 1.28 bits per heavy atom. The summed E-state index contributed by atoms with van der Waals surface area (Å²) >= 11 is 6.16. The number of rotatable bonds is 6. The van der Waals surface area contributed by atoms with Gasteiger partial charge in [0.15, 0.2) is 0 Å². The zero-order valence-corrected chi connectivity index (χ0v) is 16.2. The molecule has 0 atom stereocenters. The Bertz CT molecular complexity index is 575. The molecular weight excluding hydrogens is 332 g/mol. The summed E-state index contributed by atoms with van der Waals surface area (Å²) in [5.41, 5.74) is 1.01. The van der Waals surface area contributed by atoms with E-state index in [9.17, 15) is 4.79 Å². The van der Waals surface area contributed by atoms with Crippen molar-refractivity contribution >= 4 is 17.5 Å². The summed E-state index contributed by atoms with van der Waals surface area (Å²) < 4.78 is 0. The van der Waals surface area contributed by atoms with Crippen molar-refractivity contribution in [1.82, 2.24) is 10.2 Å². The number of benzene rings is 1. The van der Waals surface area contributed by atoms with Gasteiger partial charge in [-0.15, -0.1) is 0 Å². The van der Waals surface area contributed by atoms with Crippen LogP contribution < -0.4 is 5.32 Å². The minimum Gasteiger partial charge on any atom is -0.342 e. The molecule has 0 bridgehead atoms. The number of likely N-dealkylation sites (tertiary alicyclic amines) is 1. The highest BCUT2D eigenvalue weighted by Gasteiger charge is 2.44. The smallest absolute Gasteiger partial charge is 0.229 e. The van der Waals surface area contributed by atoms with Crippen molar-refractivity contribution < 1.29 is 4.79 Å². The second kappa shape index (κ2) is 8.55. The van der Waals surface area contributed by atoms with E-state index in [0.29, 0.717) is 5.91 Å². The summed E-state index contributed by atoms with van der Waals surface area (Å²) in [7, 11) is 2.01. The first-order valence-electron chi connectivity index (χ1n) is 9.81. The van der Waals surface area contributed by atoms with Crippen molar-refractivity contribution in [3.05, 3.63) is 34.9 Å². The molecule has 1 aromatic rings. The lowest BCUT2D eigenvalue weighted by molar-refractivity contribution is -0.143. The molecule has 1 amide bonds. The second-order valence-electron chi connectivity index (χ2n) is 7.92. The average molecular weight is 363 g/mol. The summed E-state index contributed by atoms with van der Waals surface area (Å²) in [6, 6.07) is 8.05. The van der Waals surface area contributed by atoms with Crippen LogP contribution in [0, 0.1) is 11.3 Å². The highest BCUT2D eigenvalue weighted by atomic mass is 35.5. The van der Waals surface area contributed by atoms with E-state index in [4.69, 9.17) is 11.6 Å². The molecule has 1 aliphatic heterocycles. The summed E-state index contributed by atoms with van der Waals surface area (Å²) in [4.78, 5) is 15.6. The molecule has 3 rings (SSSR count). The molecule has 1 saturated heterocycles. The number of amides is 1. The van der Waals surface area contributed by atoms with Crippen molar-refractivity contribution in [2.24, 2.45) is 11.3 Å². The van der Waals surface area contributed by atoms with Gasteiger partial charge in [-0.25, -0.2) is 0 Å². The van der Waals surface area contributed by atoms with Crippen LogP contribution in [0.15, 0.2) is 24.3 Å². The van der Waals surface area contributed by atoms with E-state index in [2.05, 4.69) is 16.3 Å². The number of carbonyl (C=O) groups excluding carboxylic acids is 1. The second-order valence-corrected chi connectivity index (χ2v) is 8.36. The van der Waals surface area contributed by atoms with Gasteiger partial charge < -0.3 is 10.2 Å². The maximum Gasteiger partial charge on any atom is 0.229 e. The van der Waals surface area contributed by atoms with Gasteiger partial charge in [-0.05, 0) is 75.7 Å². The van der Waals surface area contributed by atoms with Crippen LogP contribution in [0.3, 0.4) is 0 Å². The van der Waals surface area contributed by atoms with Gasteiger partial charge >= 0.3 is 0 Å². The predicted octanol–water partition coefficient (Wildman–Crippen LogP) is 4.29. The molecule has 0 aromatic heterocycles. The number of hydrogen-bond donors (Lipinski definition) is 1. The van der Waals surface area contributed by atoms with E-state index < -0.39 is 0 Å². The zero-order valence-electron chi connectivity index (χ0n) is 15.4. The minimum absolute atomic E-state index is 0.192. The van der Waals surface area contributed by atoms with E-state index in [1.165, 1.54) is 24.8 Å². The Kier molecular flexibility index (Phi) is 6.40. The van der Waals surface area contributed by atoms with Gasteiger partial charge in [0.05, 0.1) is 5.41 Å². The fraction of sp³-hybridized carbons (Fsp3) is 0.667. The fourth-order valence-electron chi connectivity index (χ4n) is 4.66. The maximum atomic E-state index is 13.4. The lowest BCUT2D eigenvalue weighted by Crippen LogP contribution is -2.47. The lowest BCUT2D eigenvalue weighted by atomic mass is 9.78. The normalized spacial score (nSPS) is 20.8. The molecule has 1 aromatic carbocycles. The van der Waals surface area contributed by atoms with Crippen LogP contribution in [0.4, 0.5) is 0 Å². The van der Waals surface area contributed by atoms with Crippen LogP contribution in [-0.4, -0.2) is 37.5 Å². The highest BCUT2D eigenvalue weighted by molar-refractivity contribution is 6.30. The van der Waals surface area contributed by atoms with Gasteiger partial charge in [-0.1, -0.05) is 36.6 Å². The Hall–Kier alpha value is -1.06. The lowest BCUT2D eigenvalue weighted by Gasteiger charge is -2.38. The average Bonchev–Trinajstić information content (AvgIpc) is 3.09.